The van der Waals surface area contributed by atoms with Gasteiger partial charge in [-0.05, 0) is 81.8 Å². The van der Waals surface area contributed by atoms with Crippen molar-refractivity contribution >= 4 is 5.97 Å². The van der Waals surface area contributed by atoms with Gasteiger partial charge < -0.3 is 19.3 Å². The Balaban J connectivity index is 1.30. The minimum Gasteiger partial charge on any atom is -0.462 e. The van der Waals surface area contributed by atoms with E-state index in [4.69, 9.17) is 14.2 Å². The Morgan fingerprint density at radius 1 is 1.03 bits per heavy atom. The van der Waals surface area contributed by atoms with Crippen LogP contribution in [0.2, 0.25) is 0 Å². The van der Waals surface area contributed by atoms with E-state index < -0.39 is 0 Å². The van der Waals surface area contributed by atoms with E-state index in [2.05, 4.69) is 37.8 Å². The molecule has 1 aromatic rings. The Kier molecular flexibility index (Phi) is 12.5. The third kappa shape index (κ3) is 9.64. The van der Waals surface area contributed by atoms with Crippen molar-refractivity contribution in [3.8, 4) is 0 Å². The van der Waals surface area contributed by atoms with Gasteiger partial charge in [0.2, 0.25) is 0 Å². The van der Waals surface area contributed by atoms with Crippen LogP contribution in [0.5, 0.6) is 0 Å². The van der Waals surface area contributed by atoms with Gasteiger partial charge in [0.05, 0.1) is 19.8 Å². The van der Waals surface area contributed by atoms with Gasteiger partial charge >= 0.3 is 5.97 Å². The van der Waals surface area contributed by atoms with Crippen LogP contribution in [0.4, 0.5) is 0 Å². The Bertz CT molecular complexity index is 773. The second-order valence-corrected chi connectivity index (χ2v) is 11.2. The standard InChI is InChI=1S/C31H48O5/c1-4-5-6-7-24-8-10-25(11-9-24)12-13-27-20-35-31(36-21-27)29-16-14-26(15-17-29)18-28(19-32)22-34-30(33)23(2)3/h8-11,26-29,31-32H,2,4-7,12-22H2,1,3H3. The van der Waals surface area contributed by atoms with Gasteiger partial charge in [0.25, 0.3) is 0 Å². The van der Waals surface area contributed by atoms with Crippen LogP contribution in [0, 0.1) is 23.7 Å². The number of aliphatic hydroxyl groups is 1. The minimum atomic E-state index is -0.377. The number of aliphatic hydroxyl groups excluding tert-OH is 1. The van der Waals surface area contributed by atoms with E-state index >= 15 is 0 Å². The summed E-state index contributed by atoms with van der Waals surface area (Å²) in [6.45, 7) is 9.39. The molecule has 0 spiro atoms. The summed E-state index contributed by atoms with van der Waals surface area (Å²) in [6, 6.07) is 9.17. The number of benzene rings is 1. The summed E-state index contributed by atoms with van der Waals surface area (Å²) < 4.78 is 17.6. The fraction of sp³-hybridized carbons (Fsp3) is 0.710. The van der Waals surface area contributed by atoms with Crippen molar-refractivity contribution < 1.29 is 24.1 Å². The lowest BCUT2D eigenvalue weighted by Gasteiger charge is -2.38. The van der Waals surface area contributed by atoms with E-state index in [1.165, 1.54) is 36.8 Å². The fourth-order valence-electron chi connectivity index (χ4n) is 5.50. The number of hydrogen-bond acceptors (Lipinski definition) is 5. The molecule has 1 atom stereocenters. The molecule has 0 aromatic heterocycles. The molecule has 0 radical (unpaired) electrons. The third-order valence-corrected chi connectivity index (χ3v) is 7.93. The first-order chi connectivity index (χ1) is 17.5. The van der Waals surface area contributed by atoms with E-state index in [1.54, 1.807) is 6.92 Å². The van der Waals surface area contributed by atoms with Crippen LogP contribution in [0.15, 0.2) is 36.4 Å². The van der Waals surface area contributed by atoms with Gasteiger partial charge in [0.15, 0.2) is 6.29 Å². The van der Waals surface area contributed by atoms with Crippen molar-refractivity contribution in [3.63, 3.8) is 0 Å². The molecule has 5 heteroatoms. The number of carbonyl (C=O) groups excluding carboxylic acids is 1. The summed E-state index contributed by atoms with van der Waals surface area (Å²) in [5, 5.41) is 9.70. The minimum absolute atomic E-state index is 0.00458. The second kappa shape index (κ2) is 15.5. The molecular formula is C31H48O5. The van der Waals surface area contributed by atoms with Crippen molar-refractivity contribution in [1.29, 1.82) is 0 Å². The Labute approximate surface area is 218 Å². The van der Waals surface area contributed by atoms with Crippen molar-refractivity contribution in [1.82, 2.24) is 0 Å². The molecule has 0 amide bonds. The quantitative estimate of drug-likeness (QED) is 0.185. The van der Waals surface area contributed by atoms with Crippen LogP contribution in [0.1, 0.15) is 82.8 Å². The van der Waals surface area contributed by atoms with Crippen molar-refractivity contribution in [2.24, 2.45) is 23.7 Å². The normalized spacial score (nSPS) is 25.3. The first-order valence-corrected chi connectivity index (χ1v) is 14.2. The van der Waals surface area contributed by atoms with Gasteiger partial charge in [0, 0.05) is 29.9 Å². The van der Waals surface area contributed by atoms with Crippen molar-refractivity contribution in [3.05, 3.63) is 47.5 Å². The van der Waals surface area contributed by atoms with E-state index in [-0.39, 0.29) is 31.4 Å². The van der Waals surface area contributed by atoms with Gasteiger partial charge in [-0.2, -0.15) is 0 Å². The Morgan fingerprint density at radius 3 is 2.25 bits per heavy atom. The topological polar surface area (TPSA) is 65.0 Å². The van der Waals surface area contributed by atoms with Crippen LogP contribution in [0.25, 0.3) is 0 Å². The average molecular weight is 501 g/mol. The SMILES string of the molecule is C=C(C)C(=O)OCC(CO)CC1CCC(C2OCC(CCc3ccc(CCCCC)cc3)CO2)CC1. The van der Waals surface area contributed by atoms with Gasteiger partial charge in [-0.25, -0.2) is 4.79 Å². The maximum Gasteiger partial charge on any atom is 0.333 e. The number of aryl methyl sites for hydroxylation is 2. The molecule has 1 unspecified atom stereocenters. The largest absolute Gasteiger partial charge is 0.462 e. The number of rotatable bonds is 14. The highest BCUT2D eigenvalue weighted by Gasteiger charge is 2.33. The predicted octanol–water partition coefficient (Wildman–Crippen LogP) is 6.27. The molecule has 1 saturated heterocycles. The molecule has 1 aromatic carbocycles. The highest BCUT2D eigenvalue weighted by Crippen LogP contribution is 2.37. The third-order valence-electron chi connectivity index (χ3n) is 7.93. The van der Waals surface area contributed by atoms with Crippen LogP contribution < -0.4 is 0 Å². The summed E-state index contributed by atoms with van der Waals surface area (Å²) in [6.07, 6.45) is 12.5. The summed E-state index contributed by atoms with van der Waals surface area (Å²) in [7, 11) is 0. The lowest BCUT2D eigenvalue weighted by atomic mass is 9.78. The number of unbranched alkanes of at least 4 members (excludes halogenated alkanes) is 2. The lowest BCUT2D eigenvalue weighted by molar-refractivity contribution is -0.230. The molecule has 1 saturated carbocycles. The first kappa shape index (κ1) is 28.9. The summed E-state index contributed by atoms with van der Waals surface area (Å²) in [4.78, 5) is 11.6. The molecule has 2 fully saturated rings. The summed E-state index contributed by atoms with van der Waals surface area (Å²) in [5.74, 6) is 1.09. The average Bonchev–Trinajstić information content (AvgIpc) is 2.91. The molecule has 0 bridgehead atoms. The van der Waals surface area contributed by atoms with Crippen molar-refractivity contribution in [2.75, 3.05) is 26.4 Å². The molecule has 1 aliphatic heterocycles. The number of hydrogen-bond donors (Lipinski definition) is 1. The lowest BCUT2D eigenvalue weighted by Crippen LogP contribution is -2.38. The molecule has 202 valence electrons. The molecule has 2 aliphatic rings. The zero-order valence-electron chi connectivity index (χ0n) is 22.6. The maximum absolute atomic E-state index is 11.6. The Hall–Kier alpha value is -1.69. The highest BCUT2D eigenvalue weighted by molar-refractivity contribution is 5.86. The summed E-state index contributed by atoms with van der Waals surface area (Å²) in [5.41, 5.74) is 3.26. The number of esters is 1. The first-order valence-electron chi connectivity index (χ1n) is 14.2. The van der Waals surface area contributed by atoms with Crippen LogP contribution in [-0.4, -0.2) is 43.8 Å². The van der Waals surface area contributed by atoms with Gasteiger partial charge in [-0.15, -0.1) is 0 Å². The van der Waals surface area contributed by atoms with E-state index in [1.807, 2.05) is 0 Å². The molecule has 5 nitrogen and oxygen atoms in total. The molecule has 1 aliphatic carbocycles. The van der Waals surface area contributed by atoms with Crippen LogP contribution in [-0.2, 0) is 31.8 Å². The van der Waals surface area contributed by atoms with E-state index in [9.17, 15) is 9.90 Å². The van der Waals surface area contributed by atoms with E-state index in [0.717, 1.165) is 58.2 Å². The fourth-order valence-corrected chi connectivity index (χ4v) is 5.50. The zero-order chi connectivity index (χ0) is 25.8. The molecule has 36 heavy (non-hydrogen) atoms. The second-order valence-electron chi connectivity index (χ2n) is 11.2. The van der Waals surface area contributed by atoms with Gasteiger partial charge in [-0.1, -0.05) is 50.6 Å². The maximum atomic E-state index is 11.6. The molecule has 1 N–H and O–H groups in total. The Morgan fingerprint density at radius 2 is 1.67 bits per heavy atom. The smallest absolute Gasteiger partial charge is 0.333 e. The highest BCUT2D eigenvalue weighted by atomic mass is 16.7. The van der Waals surface area contributed by atoms with Crippen LogP contribution >= 0.6 is 0 Å². The van der Waals surface area contributed by atoms with Gasteiger partial charge in [-0.3, -0.25) is 0 Å². The molecular weight excluding hydrogens is 452 g/mol. The van der Waals surface area contributed by atoms with Crippen LogP contribution in [0.3, 0.4) is 0 Å². The number of ether oxygens (including phenoxy) is 3. The molecule has 3 rings (SSSR count). The monoisotopic (exact) mass is 500 g/mol. The summed E-state index contributed by atoms with van der Waals surface area (Å²) >= 11 is 0. The predicted molar refractivity (Wildman–Crippen MR) is 144 cm³/mol. The molecule has 1 heterocycles. The van der Waals surface area contributed by atoms with Crippen molar-refractivity contribution in [2.45, 2.75) is 90.8 Å². The van der Waals surface area contributed by atoms with Gasteiger partial charge in [0.1, 0.15) is 0 Å². The van der Waals surface area contributed by atoms with E-state index in [0.29, 0.717) is 23.3 Å². The number of carbonyl (C=O) groups is 1. The zero-order valence-corrected chi connectivity index (χ0v) is 22.6.